The largest absolute Gasteiger partial charge is 0.465 e. The average Bonchev–Trinajstić information content (AvgIpc) is 2.34. The molecule has 5 nitrogen and oxygen atoms in total. The van der Waals surface area contributed by atoms with Gasteiger partial charge in [0.1, 0.15) is 18.2 Å². The molecule has 0 radical (unpaired) electrons. The Balaban J connectivity index is 3.39. The van der Waals surface area contributed by atoms with Gasteiger partial charge in [-0.3, -0.25) is 0 Å². The maximum absolute atomic E-state index is 12.9. The molecule has 0 aliphatic carbocycles. The average molecular weight is 363 g/mol. The van der Waals surface area contributed by atoms with E-state index in [0.717, 1.165) is 0 Å². The third-order valence-electron chi connectivity index (χ3n) is 3.93. The molecule has 124 valence electrons. The molecule has 0 aliphatic heterocycles. The highest BCUT2D eigenvalue weighted by atomic mass is 35.5. The third-order valence-corrected chi connectivity index (χ3v) is 12.1. The van der Waals surface area contributed by atoms with Gasteiger partial charge in [0.25, 0.3) is 0 Å². The Labute approximate surface area is 138 Å². The van der Waals surface area contributed by atoms with Crippen LogP contribution in [0.25, 0.3) is 0 Å². The third kappa shape index (κ3) is 4.10. The molecule has 1 rings (SSSR count). The second-order valence-electron chi connectivity index (χ2n) is 6.67. The number of hydrogen-bond acceptors (Lipinski definition) is 4. The van der Waals surface area contributed by atoms with Gasteiger partial charge in [0.15, 0.2) is 0 Å². The quantitative estimate of drug-likeness (QED) is 0.626. The summed E-state index contributed by atoms with van der Waals surface area (Å²) in [6, 6.07) is 4.35. The first-order chi connectivity index (χ1) is 9.82. The van der Waals surface area contributed by atoms with Crippen molar-refractivity contribution in [2.45, 2.75) is 43.8 Å². The van der Waals surface area contributed by atoms with Gasteiger partial charge in [0, 0.05) is 5.02 Å². The Morgan fingerprint density at radius 1 is 1.36 bits per heavy atom. The summed E-state index contributed by atoms with van der Waals surface area (Å²) < 4.78 is 28.9. The Hall–Kier alpha value is -0.893. The number of rotatable bonds is 4. The minimum absolute atomic E-state index is 0.0567. The topological polar surface area (TPSA) is 79.2 Å². The maximum Gasteiger partial charge on any atom is 0.339 e. The Kier molecular flexibility index (Phi) is 5.49. The van der Waals surface area contributed by atoms with Gasteiger partial charge in [0.05, 0.1) is 17.6 Å². The van der Waals surface area contributed by atoms with Crippen LogP contribution in [0.15, 0.2) is 23.1 Å². The van der Waals surface area contributed by atoms with Crippen LogP contribution in [0.4, 0.5) is 0 Å². The lowest BCUT2D eigenvalue weighted by molar-refractivity contribution is 0.0596. The number of esters is 1. The summed E-state index contributed by atoms with van der Waals surface area (Å²) >= 11 is 5.90. The molecule has 2 N–H and O–H groups in total. The van der Waals surface area contributed by atoms with Gasteiger partial charge >= 0.3 is 5.97 Å². The molecular weight excluding hydrogens is 340 g/mol. The van der Waals surface area contributed by atoms with E-state index in [1.807, 2.05) is 33.9 Å². The van der Waals surface area contributed by atoms with Crippen molar-refractivity contribution in [3.63, 3.8) is 0 Å². The molecule has 0 saturated heterocycles. The Morgan fingerprint density at radius 2 is 1.91 bits per heavy atom. The fraction of sp³-hybridized carbons (Fsp3) is 0.500. The zero-order chi connectivity index (χ0) is 17.3. The van der Waals surface area contributed by atoms with Gasteiger partial charge in [-0.2, -0.15) is 0 Å². The molecule has 0 spiro atoms. The van der Waals surface area contributed by atoms with E-state index in [9.17, 15) is 9.00 Å². The molecule has 22 heavy (non-hydrogen) atoms. The number of nitrogens with one attached hydrogen (secondary N) is 2. The zero-order valence-corrected chi connectivity index (χ0v) is 16.3. The van der Waals surface area contributed by atoms with Crippen molar-refractivity contribution in [3.05, 3.63) is 28.8 Å². The highest BCUT2D eigenvalue weighted by molar-refractivity contribution is 7.92. The van der Waals surface area contributed by atoms with Gasteiger partial charge < -0.3 is 4.74 Å². The molecule has 1 aromatic carbocycles. The normalized spacial score (nSPS) is 15.2. The molecule has 0 fully saturated rings. The SMILES string of the molecule is COC(=O)c1cc(Cl)ccc1S(=N)(=O)N[Si](C)(C)C(C)(C)C. The van der Waals surface area contributed by atoms with Gasteiger partial charge in [-0.25, -0.2) is 18.2 Å². The summed E-state index contributed by atoms with van der Waals surface area (Å²) in [4.78, 5) is 12.0. The van der Waals surface area contributed by atoms with Crippen LogP contribution in [-0.4, -0.2) is 25.5 Å². The van der Waals surface area contributed by atoms with E-state index in [-0.39, 0.29) is 15.5 Å². The standard InChI is InChI=1S/C14H23ClN2O3SSi/c1-14(2,3)22(5,6)17-21(16,19)12-8-7-10(15)9-11(12)13(18)20-4/h7-9H,1-6H3,(H2,16,17,19). The molecule has 1 atom stereocenters. The number of ether oxygens (including phenoxy) is 1. The summed E-state index contributed by atoms with van der Waals surface area (Å²) in [6.45, 7) is 10.2. The number of halogens is 1. The smallest absolute Gasteiger partial charge is 0.339 e. The fourth-order valence-corrected chi connectivity index (χ4v) is 7.01. The molecule has 0 heterocycles. The van der Waals surface area contributed by atoms with E-state index in [1.54, 1.807) is 0 Å². The van der Waals surface area contributed by atoms with E-state index in [2.05, 4.69) is 4.39 Å². The van der Waals surface area contributed by atoms with Crippen molar-refractivity contribution in [1.82, 2.24) is 4.39 Å². The molecule has 0 aliphatic rings. The minimum Gasteiger partial charge on any atom is -0.465 e. The Morgan fingerprint density at radius 3 is 2.36 bits per heavy atom. The lowest BCUT2D eigenvalue weighted by Gasteiger charge is -2.37. The van der Waals surface area contributed by atoms with Gasteiger partial charge in [-0.15, -0.1) is 0 Å². The predicted octanol–water partition coefficient (Wildman–Crippen LogP) is 4.04. The van der Waals surface area contributed by atoms with Crippen LogP contribution in [0.3, 0.4) is 0 Å². The number of hydrogen-bond donors (Lipinski definition) is 2. The van der Waals surface area contributed by atoms with Crippen molar-refractivity contribution in [2.24, 2.45) is 0 Å². The lowest BCUT2D eigenvalue weighted by Crippen LogP contribution is -2.54. The van der Waals surface area contributed by atoms with Crippen LogP contribution in [0.2, 0.25) is 23.2 Å². The van der Waals surface area contributed by atoms with Crippen LogP contribution in [0, 0.1) is 4.78 Å². The molecule has 1 unspecified atom stereocenters. The summed E-state index contributed by atoms with van der Waals surface area (Å²) in [5.74, 6) is -0.658. The van der Waals surface area contributed by atoms with Crippen LogP contribution >= 0.6 is 11.6 Å². The van der Waals surface area contributed by atoms with Gasteiger partial charge in [0.2, 0.25) is 0 Å². The van der Waals surface area contributed by atoms with E-state index < -0.39 is 24.1 Å². The van der Waals surface area contributed by atoms with E-state index in [1.165, 1.54) is 25.3 Å². The first-order valence-corrected chi connectivity index (χ1v) is 11.7. The van der Waals surface area contributed by atoms with Crippen molar-refractivity contribution >= 4 is 35.7 Å². The van der Waals surface area contributed by atoms with Crippen molar-refractivity contribution in [1.29, 1.82) is 4.78 Å². The highest BCUT2D eigenvalue weighted by Crippen LogP contribution is 2.35. The van der Waals surface area contributed by atoms with E-state index in [0.29, 0.717) is 5.02 Å². The number of benzene rings is 1. The van der Waals surface area contributed by atoms with Crippen LogP contribution in [0.5, 0.6) is 0 Å². The highest BCUT2D eigenvalue weighted by Gasteiger charge is 2.39. The first-order valence-electron chi connectivity index (χ1n) is 6.77. The van der Waals surface area contributed by atoms with Crippen molar-refractivity contribution in [3.8, 4) is 0 Å². The number of carbonyl (C=O) groups excluding carboxylic acids is 1. The van der Waals surface area contributed by atoms with Crippen LogP contribution in [0.1, 0.15) is 31.1 Å². The maximum atomic E-state index is 12.9. The second kappa shape index (κ2) is 6.31. The van der Waals surface area contributed by atoms with Crippen LogP contribution < -0.4 is 4.39 Å². The molecule has 0 aromatic heterocycles. The summed E-state index contributed by atoms with van der Waals surface area (Å²) in [7, 11) is -4.32. The number of carbonyl (C=O) groups is 1. The molecule has 8 heteroatoms. The van der Waals surface area contributed by atoms with Crippen LogP contribution in [-0.2, 0) is 14.7 Å². The second-order valence-corrected chi connectivity index (χ2v) is 14.2. The Bertz CT molecular complexity index is 682. The molecule has 0 bridgehead atoms. The van der Waals surface area contributed by atoms with Gasteiger partial charge in [-0.05, 0) is 23.2 Å². The fourth-order valence-electron chi connectivity index (χ4n) is 1.59. The summed E-state index contributed by atoms with van der Waals surface area (Å²) in [5, 5.41) is 0.223. The summed E-state index contributed by atoms with van der Waals surface area (Å²) in [6.07, 6.45) is 0. The molecule has 0 amide bonds. The monoisotopic (exact) mass is 362 g/mol. The van der Waals surface area contributed by atoms with Gasteiger partial charge in [-0.1, -0.05) is 45.5 Å². The molecule has 1 aromatic rings. The number of methoxy groups -OCH3 is 1. The molecule has 0 saturated carbocycles. The van der Waals surface area contributed by atoms with E-state index >= 15 is 0 Å². The lowest BCUT2D eigenvalue weighted by atomic mass is 10.2. The summed E-state index contributed by atoms with van der Waals surface area (Å²) in [5.41, 5.74) is 0.0567. The minimum atomic E-state index is -3.35. The van der Waals surface area contributed by atoms with Crippen molar-refractivity contribution < 1.29 is 13.7 Å². The van der Waals surface area contributed by atoms with E-state index in [4.69, 9.17) is 21.1 Å². The first kappa shape index (κ1) is 19.2. The molecular formula is C14H23ClN2O3SSi. The predicted molar refractivity (Wildman–Crippen MR) is 92.3 cm³/mol. The zero-order valence-electron chi connectivity index (χ0n) is 13.7. The van der Waals surface area contributed by atoms with Crippen molar-refractivity contribution in [2.75, 3.05) is 7.11 Å².